The highest BCUT2D eigenvalue weighted by Crippen LogP contribution is 2.44. The van der Waals surface area contributed by atoms with Crippen LogP contribution in [0.2, 0.25) is 0 Å². The Hall–Kier alpha value is -4.22. The van der Waals surface area contributed by atoms with E-state index in [-0.39, 0.29) is 23.5 Å². The van der Waals surface area contributed by atoms with Crippen molar-refractivity contribution in [1.29, 1.82) is 5.26 Å². The van der Waals surface area contributed by atoms with Gasteiger partial charge in [-0.3, -0.25) is 4.79 Å². The van der Waals surface area contributed by atoms with Crippen molar-refractivity contribution in [3.05, 3.63) is 106 Å². The highest BCUT2D eigenvalue weighted by molar-refractivity contribution is 5.95. The largest absolute Gasteiger partial charge is 0.403 e. The highest BCUT2D eigenvalue weighted by atomic mass is 19.1. The molecule has 178 valence electrons. The lowest BCUT2D eigenvalue weighted by atomic mass is 9.86. The van der Waals surface area contributed by atoms with Crippen LogP contribution in [0.15, 0.2) is 72.6 Å². The first-order valence-corrected chi connectivity index (χ1v) is 10.9. The predicted octanol–water partition coefficient (Wildman–Crippen LogP) is 3.93. The Bertz CT molecular complexity index is 1360. The van der Waals surface area contributed by atoms with Crippen molar-refractivity contribution in [2.45, 2.75) is 18.1 Å². The first-order valence-electron chi connectivity index (χ1n) is 10.9. The van der Waals surface area contributed by atoms with Crippen molar-refractivity contribution in [2.24, 2.45) is 5.73 Å². The number of hydrogen-bond acceptors (Lipinski definition) is 5. The van der Waals surface area contributed by atoms with E-state index < -0.39 is 23.3 Å². The van der Waals surface area contributed by atoms with E-state index in [2.05, 4.69) is 5.32 Å². The molecule has 35 heavy (non-hydrogen) atoms. The molecule has 1 saturated heterocycles. The quantitative estimate of drug-likeness (QED) is 0.532. The summed E-state index contributed by atoms with van der Waals surface area (Å²) in [5.74, 6) is -1.28. The molecule has 0 bridgehead atoms. The van der Waals surface area contributed by atoms with Crippen molar-refractivity contribution < 1.29 is 18.7 Å². The topological polar surface area (TPSA) is 102 Å². The molecule has 0 saturated carbocycles. The monoisotopic (exact) mass is 474 g/mol. The van der Waals surface area contributed by atoms with Gasteiger partial charge in [-0.05, 0) is 41.5 Å². The molecule has 0 aliphatic carbocycles. The molecule has 1 amide bonds. The van der Waals surface area contributed by atoms with Crippen LogP contribution in [0.4, 0.5) is 8.78 Å². The van der Waals surface area contributed by atoms with E-state index in [9.17, 15) is 18.7 Å². The van der Waals surface area contributed by atoms with Gasteiger partial charge in [0.1, 0.15) is 17.2 Å². The van der Waals surface area contributed by atoms with Gasteiger partial charge in [0.05, 0.1) is 23.4 Å². The van der Waals surface area contributed by atoms with E-state index in [1.807, 2.05) is 6.07 Å². The predicted molar refractivity (Wildman–Crippen MR) is 128 cm³/mol. The Morgan fingerprint density at radius 1 is 1.14 bits per heavy atom. The SMILES string of the molecule is CN(C)C(=O)c1ccc(F)c(-c2ccc([C@@]3(O)C[C@H](c4ccc(C#N)cc4F)N/C3=C\N)cc2)c1. The van der Waals surface area contributed by atoms with Crippen LogP contribution in [0.25, 0.3) is 11.1 Å². The smallest absolute Gasteiger partial charge is 0.253 e. The molecule has 8 heteroatoms. The van der Waals surface area contributed by atoms with E-state index in [1.54, 1.807) is 38.4 Å². The van der Waals surface area contributed by atoms with Crippen LogP contribution in [0, 0.1) is 23.0 Å². The number of benzene rings is 3. The van der Waals surface area contributed by atoms with Crippen LogP contribution >= 0.6 is 0 Å². The van der Waals surface area contributed by atoms with E-state index in [1.165, 1.54) is 41.4 Å². The van der Waals surface area contributed by atoms with Crippen molar-refractivity contribution in [3.8, 4) is 17.2 Å². The first kappa shape index (κ1) is 23.9. The molecule has 0 spiro atoms. The van der Waals surface area contributed by atoms with Crippen LogP contribution in [-0.2, 0) is 5.60 Å². The van der Waals surface area contributed by atoms with Crippen molar-refractivity contribution in [3.63, 3.8) is 0 Å². The molecule has 0 aromatic heterocycles. The fourth-order valence-corrected chi connectivity index (χ4v) is 4.35. The van der Waals surface area contributed by atoms with E-state index in [0.717, 1.165) is 6.07 Å². The molecule has 2 atom stereocenters. The van der Waals surface area contributed by atoms with Crippen LogP contribution in [0.1, 0.15) is 39.5 Å². The summed E-state index contributed by atoms with van der Waals surface area (Å²) >= 11 is 0. The van der Waals surface area contributed by atoms with Crippen LogP contribution < -0.4 is 11.1 Å². The molecule has 4 rings (SSSR count). The van der Waals surface area contributed by atoms with Gasteiger partial charge in [-0.1, -0.05) is 30.3 Å². The minimum atomic E-state index is -1.53. The maximum absolute atomic E-state index is 14.6. The molecular formula is C27H24F2N4O2. The molecule has 4 N–H and O–H groups in total. The Balaban J connectivity index is 1.66. The average Bonchev–Trinajstić information content (AvgIpc) is 3.21. The number of carbonyl (C=O) groups excluding carboxylic acids is 1. The summed E-state index contributed by atoms with van der Waals surface area (Å²) in [7, 11) is 3.24. The first-order chi connectivity index (χ1) is 16.7. The molecule has 1 aliphatic heterocycles. The number of nitrogens with one attached hydrogen (secondary N) is 1. The van der Waals surface area contributed by atoms with Gasteiger partial charge in [0.25, 0.3) is 5.91 Å². The molecule has 1 aliphatic rings. The number of rotatable bonds is 4. The highest BCUT2D eigenvalue weighted by Gasteiger charge is 2.44. The van der Waals surface area contributed by atoms with Crippen molar-refractivity contribution in [2.75, 3.05) is 14.1 Å². The summed E-state index contributed by atoms with van der Waals surface area (Å²) in [4.78, 5) is 13.7. The fraction of sp³-hybridized carbons (Fsp3) is 0.185. The second-order valence-electron chi connectivity index (χ2n) is 8.66. The second-order valence-corrected chi connectivity index (χ2v) is 8.66. The molecule has 0 radical (unpaired) electrons. The van der Waals surface area contributed by atoms with Gasteiger partial charge in [0.2, 0.25) is 0 Å². The molecule has 1 heterocycles. The van der Waals surface area contributed by atoms with Crippen LogP contribution in [0.5, 0.6) is 0 Å². The molecule has 1 fully saturated rings. The molecule has 6 nitrogen and oxygen atoms in total. The lowest BCUT2D eigenvalue weighted by molar-refractivity contribution is 0.0798. The third kappa shape index (κ3) is 4.34. The summed E-state index contributed by atoms with van der Waals surface area (Å²) in [5.41, 5.74) is 6.70. The van der Waals surface area contributed by atoms with Gasteiger partial charge < -0.3 is 21.1 Å². The molecule has 0 unspecified atom stereocenters. The van der Waals surface area contributed by atoms with Gasteiger partial charge in [-0.2, -0.15) is 5.26 Å². The number of hydrogen-bond donors (Lipinski definition) is 3. The van der Waals surface area contributed by atoms with Gasteiger partial charge >= 0.3 is 0 Å². The standard InChI is InChI=1S/C27H24F2N4O2/c1-33(2)26(34)18-6-10-22(28)21(12-18)17-4-7-19(8-5-17)27(35)13-24(32-25(27)15-31)20-9-3-16(14-30)11-23(20)29/h3-12,15,24,32,35H,13,31H2,1-2H3/b25-15-/t24-,27+/m1/s1. The van der Waals surface area contributed by atoms with Gasteiger partial charge in [0, 0.05) is 43.4 Å². The molecular weight excluding hydrogens is 450 g/mol. The summed E-state index contributed by atoms with van der Waals surface area (Å²) in [6, 6.07) is 16.3. The second kappa shape index (κ2) is 9.20. The zero-order valence-electron chi connectivity index (χ0n) is 19.2. The number of halogens is 2. The van der Waals surface area contributed by atoms with Crippen LogP contribution in [-0.4, -0.2) is 30.0 Å². The summed E-state index contributed by atoms with van der Waals surface area (Å²) < 4.78 is 29.2. The third-order valence-electron chi connectivity index (χ3n) is 6.24. The average molecular weight is 475 g/mol. The normalized spacial score (nSPS) is 20.3. The lowest BCUT2D eigenvalue weighted by Gasteiger charge is -2.24. The van der Waals surface area contributed by atoms with Gasteiger partial charge in [-0.25, -0.2) is 8.78 Å². The number of amides is 1. The van der Waals surface area contributed by atoms with Crippen molar-refractivity contribution >= 4 is 5.91 Å². The Labute approximate surface area is 201 Å². The number of nitrogens with zero attached hydrogens (tertiary/aromatic N) is 2. The summed E-state index contributed by atoms with van der Waals surface area (Å²) in [6.07, 6.45) is 1.34. The van der Waals surface area contributed by atoms with Crippen LogP contribution in [0.3, 0.4) is 0 Å². The number of nitriles is 1. The van der Waals surface area contributed by atoms with E-state index in [4.69, 9.17) is 11.0 Å². The lowest BCUT2D eigenvalue weighted by Crippen LogP contribution is -2.27. The van der Waals surface area contributed by atoms with Crippen molar-refractivity contribution in [1.82, 2.24) is 10.2 Å². The maximum atomic E-state index is 14.6. The van der Waals surface area contributed by atoms with Gasteiger partial charge in [-0.15, -0.1) is 0 Å². The Morgan fingerprint density at radius 3 is 2.46 bits per heavy atom. The Morgan fingerprint density at radius 2 is 1.86 bits per heavy atom. The number of aliphatic hydroxyl groups is 1. The van der Waals surface area contributed by atoms with E-state index >= 15 is 0 Å². The third-order valence-corrected chi connectivity index (χ3v) is 6.24. The summed E-state index contributed by atoms with van der Waals surface area (Å²) in [5, 5.41) is 23.6. The zero-order chi connectivity index (χ0) is 25.3. The fourth-order valence-electron chi connectivity index (χ4n) is 4.35. The number of nitrogens with two attached hydrogens (primary N) is 1. The molecule has 3 aromatic carbocycles. The summed E-state index contributed by atoms with van der Waals surface area (Å²) in [6.45, 7) is 0. The Kier molecular flexibility index (Phi) is 6.29. The molecule has 3 aromatic rings. The number of carbonyl (C=O) groups is 1. The van der Waals surface area contributed by atoms with Gasteiger partial charge in [0.15, 0.2) is 0 Å². The zero-order valence-corrected chi connectivity index (χ0v) is 19.2. The minimum Gasteiger partial charge on any atom is -0.403 e. The minimum absolute atomic E-state index is 0.0966. The maximum Gasteiger partial charge on any atom is 0.253 e. The van der Waals surface area contributed by atoms with E-state index in [0.29, 0.717) is 28.0 Å².